The number of anilines is 1. The minimum absolute atomic E-state index is 0.603. The van der Waals surface area contributed by atoms with Crippen LogP contribution in [0.3, 0.4) is 0 Å². The first-order valence-electron chi connectivity index (χ1n) is 12.6. The molecule has 0 radical (unpaired) electrons. The van der Waals surface area contributed by atoms with Crippen LogP contribution in [0.1, 0.15) is 6.42 Å². The van der Waals surface area contributed by atoms with Crippen LogP contribution in [0.4, 0.5) is 5.69 Å². The molecule has 6 heterocycles. The topological polar surface area (TPSA) is 87.0 Å². The number of hydrogen-bond acceptors (Lipinski definition) is 6. The van der Waals surface area contributed by atoms with E-state index < -0.39 is 0 Å². The summed E-state index contributed by atoms with van der Waals surface area (Å²) in [5.74, 6) is 0. The van der Waals surface area contributed by atoms with Gasteiger partial charge in [-0.05, 0) is 48.4 Å². The van der Waals surface area contributed by atoms with Gasteiger partial charge < -0.3 is 10.2 Å². The average Bonchev–Trinajstić information content (AvgIpc) is 3.76. The molecule has 2 atom stereocenters. The summed E-state index contributed by atoms with van der Waals surface area (Å²) in [4.78, 5) is 11.6. The zero-order valence-corrected chi connectivity index (χ0v) is 20.0. The molecule has 0 amide bonds. The van der Waals surface area contributed by atoms with E-state index in [0.717, 1.165) is 63.3 Å². The van der Waals surface area contributed by atoms with E-state index in [4.69, 9.17) is 10.1 Å². The molecule has 2 aliphatic heterocycles. The largest absolute Gasteiger partial charge is 0.366 e. The number of H-pyrrole nitrogens is 1. The van der Waals surface area contributed by atoms with Gasteiger partial charge in [-0.25, -0.2) is 9.50 Å². The van der Waals surface area contributed by atoms with E-state index >= 15 is 0 Å². The first-order chi connectivity index (χ1) is 18.3. The van der Waals surface area contributed by atoms with Gasteiger partial charge in [-0.2, -0.15) is 10.2 Å². The molecule has 8 nitrogen and oxygen atoms in total. The standard InChI is InChI=1S/C29H24N8/c1-2-23(24-16-33-34-25(24)3-1)27-28(19-8-11-30-12-9-19)35-37-26(10-13-31-29(27)37)18-4-6-21(7-5-18)36-17-20-14-22(36)15-32-20/h1-13,16,20,22,32H,14-15,17H2,(H,33,34). The molecule has 8 heteroatoms. The number of aromatic amines is 1. The van der Waals surface area contributed by atoms with E-state index in [9.17, 15) is 0 Å². The molecule has 2 fully saturated rings. The molecule has 180 valence electrons. The Morgan fingerprint density at radius 2 is 1.78 bits per heavy atom. The first kappa shape index (κ1) is 20.6. The fourth-order valence-corrected chi connectivity index (χ4v) is 6.01. The fraction of sp³-hybridized carbons (Fsp3) is 0.172. The van der Waals surface area contributed by atoms with E-state index in [-0.39, 0.29) is 0 Å². The number of pyridine rings is 1. The molecule has 2 N–H and O–H groups in total. The number of aromatic nitrogens is 6. The van der Waals surface area contributed by atoms with Crippen molar-refractivity contribution >= 4 is 22.2 Å². The van der Waals surface area contributed by atoms with E-state index in [2.05, 4.69) is 55.7 Å². The summed E-state index contributed by atoms with van der Waals surface area (Å²) in [5, 5.41) is 17.1. The molecule has 2 saturated heterocycles. The molecule has 4 aromatic heterocycles. The van der Waals surface area contributed by atoms with Crippen LogP contribution in [0, 0.1) is 0 Å². The molecule has 37 heavy (non-hydrogen) atoms. The van der Waals surface area contributed by atoms with E-state index in [1.807, 2.05) is 47.2 Å². The Morgan fingerprint density at radius 1 is 0.892 bits per heavy atom. The maximum absolute atomic E-state index is 5.13. The molecule has 0 aliphatic carbocycles. The number of nitrogens with one attached hydrogen (secondary N) is 2. The highest BCUT2D eigenvalue weighted by atomic mass is 15.3. The third-order valence-electron chi connectivity index (χ3n) is 7.78. The summed E-state index contributed by atoms with van der Waals surface area (Å²) in [6.45, 7) is 2.16. The highest BCUT2D eigenvalue weighted by Gasteiger charge is 2.37. The van der Waals surface area contributed by atoms with Gasteiger partial charge >= 0.3 is 0 Å². The number of piperazine rings is 1. The molecule has 0 spiro atoms. The molecule has 2 unspecified atom stereocenters. The van der Waals surface area contributed by atoms with Crippen molar-refractivity contribution in [1.82, 2.24) is 35.1 Å². The SMILES string of the molecule is c1cc(-c2c(-c3ccncc3)nn3c(-c4ccc(N5CC6CC5CN6)cc4)ccnc23)c2cn[nH]c2c1. The Kier molecular flexibility index (Phi) is 4.44. The lowest BCUT2D eigenvalue weighted by atomic mass is 9.99. The van der Waals surface area contributed by atoms with Crippen molar-refractivity contribution in [2.75, 3.05) is 18.0 Å². The van der Waals surface area contributed by atoms with Gasteiger partial charge in [0.05, 0.1) is 23.0 Å². The van der Waals surface area contributed by atoms with Gasteiger partial charge in [-0.1, -0.05) is 24.3 Å². The molecule has 2 bridgehead atoms. The van der Waals surface area contributed by atoms with Crippen LogP contribution < -0.4 is 10.2 Å². The normalized spacial score (nSPS) is 18.9. The zero-order chi connectivity index (χ0) is 24.3. The third-order valence-corrected chi connectivity index (χ3v) is 7.78. The van der Waals surface area contributed by atoms with Gasteiger partial charge in [0.25, 0.3) is 0 Å². The van der Waals surface area contributed by atoms with Gasteiger partial charge in [0.2, 0.25) is 0 Å². The maximum atomic E-state index is 5.13. The van der Waals surface area contributed by atoms with Crippen LogP contribution in [0.2, 0.25) is 0 Å². The lowest BCUT2D eigenvalue weighted by Crippen LogP contribution is -2.43. The van der Waals surface area contributed by atoms with Crippen molar-refractivity contribution < 1.29 is 0 Å². The van der Waals surface area contributed by atoms with Gasteiger partial charge in [0.1, 0.15) is 5.69 Å². The van der Waals surface area contributed by atoms with Crippen LogP contribution >= 0.6 is 0 Å². The van der Waals surface area contributed by atoms with Crippen molar-refractivity contribution in [3.8, 4) is 33.6 Å². The molecular formula is C29H24N8. The predicted octanol–water partition coefficient (Wildman–Crippen LogP) is 4.55. The van der Waals surface area contributed by atoms with Crippen molar-refractivity contribution in [3.05, 3.63) is 85.5 Å². The number of nitrogens with zero attached hydrogens (tertiary/aromatic N) is 6. The zero-order valence-electron chi connectivity index (χ0n) is 20.0. The van der Waals surface area contributed by atoms with Gasteiger partial charge in [0.15, 0.2) is 5.65 Å². The van der Waals surface area contributed by atoms with E-state index in [1.165, 1.54) is 12.1 Å². The first-order valence-corrected chi connectivity index (χ1v) is 12.6. The number of rotatable bonds is 4. The van der Waals surface area contributed by atoms with Crippen molar-refractivity contribution in [2.24, 2.45) is 0 Å². The molecule has 8 rings (SSSR count). The molecule has 0 saturated carbocycles. The molecule has 2 aromatic carbocycles. The van der Waals surface area contributed by atoms with Gasteiger partial charge in [0, 0.05) is 66.0 Å². The maximum Gasteiger partial charge on any atom is 0.164 e. The smallest absolute Gasteiger partial charge is 0.164 e. The lowest BCUT2D eigenvalue weighted by Gasteiger charge is -2.29. The summed E-state index contributed by atoms with van der Waals surface area (Å²) < 4.78 is 1.97. The Balaban J connectivity index is 1.30. The Bertz CT molecular complexity index is 1750. The number of hydrogen-bond donors (Lipinski definition) is 2. The molecule has 6 aromatic rings. The molecular weight excluding hydrogens is 460 g/mol. The lowest BCUT2D eigenvalue weighted by molar-refractivity contribution is 0.580. The Labute approximate surface area is 213 Å². The van der Waals surface area contributed by atoms with Crippen molar-refractivity contribution in [1.29, 1.82) is 0 Å². The second kappa shape index (κ2) is 7.97. The van der Waals surface area contributed by atoms with Crippen LogP contribution in [0.5, 0.6) is 0 Å². The highest BCUT2D eigenvalue weighted by molar-refractivity contribution is 6.02. The van der Waals surface area contributed by atoms with Crippen molar-refractivity contribution in [3.63, 3.8) is 0 Å². The quantitative estimate of drug-likeness (QED) is 0.382. The van der Waals surface area contributed by atoms with E-state index in [0.29, 0.717) is 12.1 Å². The average molecular weight is 485 g/mol. The van der Waals surface area contributed by atoms with E-state index in [1.54, 1.807) is 12.4 Å². The van der Waals surface area contributed by atoms with Gasteiger partial charge in [-0.3, -0.25) is 10.1 Å². The minimum atomic E-state index is 0.603. The molecule has 2 aliphatic rings. The monoisotopic (exact) mass is 484 g/mol. The number of benzene rings is 2. The fourth-order valence-electron chi connectivity index (χ4n) is 6.01. The number of fused-ring (bicyclic) bond motifs is 4. The van der Waals surface area contributed by atoms with Crippen LogP contribution in [-0.4, -0.2) is 55.0 Å². The highest BCUT2D eigenvalue weighted by Crippen LogP contribution is 2.39. The van der Waals surface area contributed by atoms with Crippen LogP contribution in [0.15, 0.2) is 85.5 Å². The third kappa shape index (κ3) is 3.19. The Morgan fingerprint density at radius 3 is 2.59 bits per heavy atom. The van der Waals surface area contributed by atoms with Crippen LogP contribution in [0.25, 0.3) is 50.2 Å². The predicted molar refractivity (Wildman–Crippen MR) is 144 cm³/mol. The second-order valence-corrected chi connectivity index (χ2v) is 9.86. The van der Waals surface area contributed by atoms with Gasteiger partial charge in [-0.15, -0.1) is 0 Å². The minimum Gasteiger partial charge on any atom is -0.366 e. The van der Waals surface area contributed by atoms with Crippen molar-refractivity contribution in [2.45, 2.75) is 18.5 Å². The summed E-state index contributed by atoms with van der Waals surface area (Å²) in [5.41, 5.74) is 9.08. The van der Waals surface area contributed by atoms with Crippen LogP contribution in [-0.2, 0) is 0 Å². The Hall–Kier alpha value is -4.56. The summed E-state index contributed by atoms with van der Waals surface area (Å²) in [7, 11) is 0. The second-order valence-electron chi connectivity index (χ2n) is 9.86. The summed E-state index contributed by atoms with van der Waals surface area (Å²) in [6, 6.07) is 22.3. The summed E-state index contributed by atoms with van der Waals surface area (Å²) in [6.07, 6.45) is 8.59. The summed E-state index contributed by atoms with van der Waals surface area (Å²) >= 11 is 0.